The molecule has 80 valence electrons. The number of hydrogen-bond donors (Lipinski definition) is 0. The maximum Gasteiger partial charge on any atom is 0.0395 e. The number of thioether (sulfide) groups is 2. The van der Waals surface area contributed by atoms with Gasteiger partial charge in [0.25, 0.3) is 0 Å². The van der Waals surface area contributed by atoms with E-state index in [0.717, 1.165) is 5.75 Å². The van der Waals surface area contributed by atoms with Gasteiger partial charge in [-0.1, -0.05) is 42.9 Å². The van der Waals surface area contributed by atoms with Crippen LogP contribution in [-0.2, 0) is 0 Å². The average molecular weight is 228 g/mol. The Balaban J connectivity index is 3.51. The van der Waals surface area contributed by atoms with E-state index in [0.29, 0.717) is 0 Å². The molecule has 0 aromatic heterocycles. The lowest BCUT2D eigenvalue weighted by Crippen LogP contribution is -1.75. The number of hydrogen-bond acceptors (Lipinski definition) is 2. The molecule has 0 heterocycles. The standard InChI is InChI=1S/C12H20S2/c1-4-6-8-12(3)9-7-10-14-11-13-5-2/h4,6-9H,5,10-11H2,1-3H3. The Bertz CT molecular complexity index is 202. The van der Waals surface area contributed by atoms with Crippen molar-refractivity contribution in [3.63, 3.8) is 0 Å². The van der Waals surface area contributed by atoms with Crippen LogP contribution >= 0.6 is 23.5 Å². The van der Waals surface area contributed by atoms with E-state index in [1.165, 1.54) is 16.4 Å². The van der Waals surface area contributed by atoms with E-state index in [1.54, 1.807) is 0 Å². The first kappa shape index (κ1) is 13.9. The first-order chi connectivity index (χ1) is 6.81. The highest BCUT2D eigenvalue weighted by molar-refractivity contribution is 8.16. The Kier molecular flexibility index (Phi) is 10.9. The lowest BCUT2D eigenvalue weighted by molar-refractivity contribution is 1.50. The van der Waals surface area contributed by atoms with Crippen molar-refractivity contribution in [3.8, 4) is 0 Å². The molecule has 0 aliphatic heterocycles. The highest BCUT2D eigenvalue weighted by Gasteiger charge is 1.84. The molecule has 14 heavy (non-hydrogen) atoms. The van der Waals surface area contributed by atoms with Gasteiger partial charge in [-0.3, -0.25) is 0 Å². The van der Waals surface area contributed by atoms with Gasteiger partial charge in [0.1, 0.15) is 0 Å². The molecule has 0 bridgehead atoms. The van der Waals surface area contributed by atoms with Gasteiger partial charge in [-0.15, -0.1) is 11.8 Å². The van der Waals surface area contributed by atoms with Gasteiger partial charge in [-0.2, -0.15) is 11.8 Å². The van der Waals surface area contributed by atoms with Crippen LogP contribution < -0.4 is 0 Å². The second kappa shape index (κ2) is 11.0. The van der Waals surface area contributed by atoms with Crippen LogP contribution in [-0.4, -0.2) is 16.6 Å². The summed E-state index contributed by atoms with van der Waals surface area (Å²) in [5, 5.41) is 1.21. The molecule has 0 spiro atoms. The fraction of sp³-hybridized carbons (Fsp3) is 0.500. The van der Waals surface area contributed by atoms with Crippen LogP contribution in [0.5, 0.6) is 0 Å². The van der Waals surface area contributed by atoms with Gasteiger partial charge in [-0.05, 0) is 19.6 Å². The summed E-state index contributed by atoms with van der Waals surface area (Å²) in [6.07, 6.45) is 10.7. The van der Waals surface area contributed by atoms with Crippen LogP contribution in [0.4, 0.5) is 0 Å². The first-order valence-electron chi connectivity index (χ1n) is 4.92. The Hall–Kier alpha value is -0.0800. The van der Waals surface area contributed by atoms with Crippen molar-refractivity contribution < 1.29 is 0 Å². The summed E-state index contributed by atoms with van der Waals surface area (Å²) in [5.74, 6) is 2.34. The van der Waals surface area contributed by atoms with Gasteiger partial charge >= 0.3 is 0 Å². The summed E-state index contributed by atoms with van der Waals surface area (Å²) in [4.78, 5) is 0. The van der Waals surface area contributed by atoms with Crippen LogP contribution in [0.15, 0.2) is 36.0 Å². The molecule has 0 N–H and O–H groups in total. The van der Waals surface area contributed by atoms with E-state index in [-0.39, 0.29) is 0 Å². The Labute approximate surface area is 96.9 Å². The summed E-state index contributed by atoms with van der Waals surface area (Å²) < 4.78 is 0. The van der Waals surface area contributed by atoms with Crippen molar-refractivity contribution in [2.45, 2.75) is 20.8 Å². The lowest BCUT2D eigenvalue weighted by Gasteiger charge is -1.94. The van der Waals surface area contributed by atoms with Crippen LogP contribution in [0, 0.1) is 0 Å². The Morgan fingerprint density at radius 2 is 2.07 bits per heavy atom. The van der Waals surface area contributed by atoms with Gasteiger partial charge < -0.3 is 0 Å². The highest BCUT2D eigenvalue weighted by atomic mass is 32.2. The van der Waals surface area contributed by atoms with E-state index in [1.807, 2.05) is 36.5 Å². The second-order valence-corrected chi connectivity index (χ2v) is 5.49. The molecular formula is C12H20S2. The van der Waals surface area contributed by atoms with Crippen LogP contribution in [0.1, 0.15) is 20.8 Å². The second-order valence-electron chi connectivity index (χ2n) is 2.82. The predicted octanol–water partition coefficient (Wildman–Crippen LogP) is 4.51. The molecule has 0 saturated carbocycles. The molecule has 0 fully saturated rings. The van der Waals surface area contributed by atoms with E-state index in [9.17, 15) is 0 Å². The van der Waals surface area contributed by atoms with Crippen molar-refractivity contribution in [2.75, 3.05) is 16.6 Å². The molecule has 0 nitrogen and oxygen atoms in total. The molecule has 0 aliphatic rings. The molecule has 0 aliphatic carbocycles. The minimum atomic E-state index is 1.12. The molecule has 0 radical (unpaired) electrons. The first-order valence-corrected chi connectivity index (χ1v) is 7.23. The van der Waals surface area contributed by atoms with Gasteiger partial charge in [0.05, 0.1) is 0 Å². The SMILES string of the molecule is CC=CC=C(C)C=CCSCSCC. The minimum absolute atomic E-state index is 1.12. The molecule has 0 atom stereocenters. The minimum Gasteiger partial charge on any atom is -0.151 e. The highest BCUT2D eigenvalue weighted by Crippen LogP contribution is 2.11. The molecule has 0 amide bonds. The zero-order valence-electron chi connectivity index (χ0n) is 9.32. The van der Waals surface area contributed by atoms with Crippen LogP contribution in [0.2, 0.25) is 0 Å². The lowest BCUT2D eigenvalue weighted by atomic mass is 10.2. The average Bonchev–Trinajstić information content (AvgIpc) is 2.20. The maximum atomic E-state index is 2.23. The van der Waals surface area contributed by atoms with Crippen molar-refractivity contribution in [3.05, 3.63) is 36.0 Å². The molecule has 0 aromatic rings. The fourth-order valence-electron chi connectivity index (χ4n) is 0.796. The van der Waals surface area contributed by atoms with E-state index < -0.39 is 0 Å². The van der Waals surface area contributed by atoms with Gasteiger partial charge in [0.15, 0.2) is 0 Å². The van der Waals surface area contributed by atoms with Gasteiger partial charge in [0.2, 0.25) is 0 Å². The van der Waals surface area contributed by atoms with Crippen molar-refractivity contribution in [1.29, 1.82) is 0 Å². The monoisotopic (exact) mass is 228 g/mol. The number of rotatable bonds is 7. The zero-order chi connectivity index (χ0) is 10.6. The smallest absolute Gasteiger partial charge is 0.0395 e. The van der Waals surface area contributed by atoms with Crippen molar-refractivity contribution in [1.82, 2.24) is 0 Å². The van der Waals surface area contributed by atoms with Gasteiger partial charge in [0, 0.05) is 10.8 Å². The van der Waals surface area contributed by atoms with Gasteiger partial charge in [-0.25, -0.2) is 0 Å². The summed E-state index contributed by atoms with van der Waals surface area (Å²) in [6.45, 7) is 6.36. The third kappa shape index (κ3) is 10.0. The largest absolute Gasteiger partial charge is 0.151 e. The van der Waals surface area contributed by atoms with Crippen molar-refractivity contribution in [2.24, 2.45) is 0 Å². The quantitative estimate of drug-likeness (QED) is 0.357. The summed E-state index contributed by atoms with van der Waals surface area (Å²) in [6, 6.07) is 0. The zero-order valence-corrected chi connectivity index (χ0v) is 11.0. The molecule has 0 aromatic carbocycles. The predicted molar refractivity (Wildman–Crippen MR) is 73.2 cm³/mol. The van der Waals surface area contributed by atoms with Crippen LogP contribution in [0.25, 0.3) is 0 Å². The molecule has 0 unspecified atom stereocenters. The molecular weight excluding hydrogens is 208 g/mol. The van der Waals surface area contributed by atoms with Crippen molar-refractivity contribution >= 4 is 23.5 Å². The maximum absolute atomic E-state index is 2.23. The topological polar surface area (TPSA) is 0 Å². The Morgan fingerprint density at radius 1 is 1.29 bits per heavy atom. The third-order valence-electron chi connectivity index (χ3n) is 1.52. The van der Waals surface area contributed by atoms with E-state index in [2.05, 4.69) is 38.2 Å². The molecule has 0 rings (SSSR count). The normalized spacial score (nSPS) is 13.2. The van der Waals surface area contributed by atoms with E-state index >= 15 is 0 Å². The summed E-state index contributed by atoms with van der Waals surface area (Å²) in [7, 11) is 0. The summed E-state index contributed by atoms with van der Waals surface area (Å²) in [5.41, 5.74) is 1.31. The molecule has 0 saturated heterocycles. The summed E-state index contributed by atoms with van der Waals surface area (Å²) >= 11 is 3.96. The third-order valence-corrected chi connectivity index (χ3v) is 3.69. The fourth-order valence-corrected chi connectivity index (χ4v) is 2.55. The van der Waals surface area contributed by atoms with E-state index in [4.69, 9.17) is 0 Å². The van der Waals surface area contributed by atoms with Crippen LogP contribution in [0.3, 0.4) is 0 Å². The molecule has 2 heteroatoms. The Morgan fingerprint density at radius 3 is 2.71 bits per heavy atom. The number of allylic oxidation sites excluding steroid dienone is 5.